The Morgan fingerprint density at radius 3 is 2.41 bits per heavy atom. The summed E-state index contributed by atoms with van der Waals surface area (Å²) in [5, 5.41) is 2.74. The third kappa shape index (κ3) is 5.46. The van der Waals surface area contributed by atoms with Gasteiger partial charge in [0.25, 0.3) is 5.91 Å². The maximum Gasteiger partial charge on any atom is 0.258 e. The van der Waals surface area contributed by atoms with E-state index in [1.165, 1.54) is 34.6 Å². The van der Waals surface area contributed by atoms with Gasteiger partial charge in [-0.15, -0.1) is 0 Å². The number of rotatable bonds is 8. The summed E-state index contributed by atoms with van der Waals surface area (Å²) >= 11 is 5.86. The number of carbonyl (C=O) groups is 1. The van der Waals surface area contributed by atoms with E-state index >= 15 is 0 Å². The molecule has 2 rings (SSSR count). The van der Waals surface area contributed by atoms with Crippen LogP contribution in [0.15, 0.2) is 41.3 Å². The molecule has 0 radical (unpaired) electrons. The van der Waals surface area contributed by atoms with Gasteiger partial charge < -0.3 is 10.1 Å². The highest BCUT2D eigenvalue weighted by molar-refractivity contribution is 7.89. The summed E-state index contributed by atoms with van der Waals surface area (Å²) < 4.78 is 46.7. The quantitative estimate of drug-likeness (QED) is 0.650. The normalized spacial score (nSPS) is 11.7. The minimum atomic E-state index is -3.75. The Balaban J connectivity index is 2.49. The summed E-state index contributed by atoms with van der Waals surface area (Å²) in [4.78, 5) is 12.6. The van der Waals surface area contributed by atoms with Crippen LogP contribution in [-0.4, -0.2) is 37.8 Å². The van der Waals surface area contributed by atoms with Gasteiger partial charge in [-0.25, -0.2) is 12.8 Å². The average molecular weight is 443 g/mol. The molecule has 2 aromatic rings. The number of carbonyl (C=O) groups excluding carboxylic acids is 1. The summed E-state index contributed by atoms with van der Waals surface area (Å²) in [5.74, 6) is -1.24. The molecular weight excluding hydrogens is 419 g/mol. The number of hydrogen-bond donors (Lipinski definition) is 1. The van der Waals surface area contributed by atoms with Crippen molar-refractivity contribution in [3.63, 3.8) is 0 Å². The van der Waals surface area contributed by atoms with E-state index in [0.29, 0.717) is 13.1 Å². The van der Waals surface area contributed by atoms with Crippen molar-refractivity contribution >= 4 is 33.2 Å². The van der Waals surface area contributed by atoms with Crippen molar-refractivity contribution in [2.24, 2.45) is 0 Å². The molecule has 1 amide bonds. The molecule has 0 aliphatic heterocycles. The molecule has 0 unspecified atom stereocenters. The first-order chi connectivity index (χ1) is 13.6. The van der Waals surface area contributed by atoms with Crippen LogP contribution in [0.1, 0.15) is 38.1 Å². The number of ether oxygens (including phenoxy) is 1. The summed E-state index contributed by atoms with van der Waals surface area (Å²) in [6.07, 6.45) is -0.223. The van der Waals surface area contributed by atoms with E-state index in [4.69, 9.17) is 16.3 Å². The van der Waals surface area contributed by atoms with Crippen LogP contribution in [0.25, 0.3) is 0 Å². The van der Waals surface area contributed by atoms with Crippen LogP contribution in [0.4, 0.5) is 10.1 Å². The Bertz CT molecular complexity index is 992. The van der Waals surface area contributed by atoms with Gasteiger partial charge in [0.15, 0.2) is 0 Å². The van der Waals surface area contributed by atoms with Crippen LogP contribution in [0, 0.1) is 5.82 Å². The highest BCUT2D eigenvalue weighted by atomic mass is 35.5. The van der Waals surface area contributed by atoms with Crippen LogP contribution < -0.4 is 10.1 Å². The van der Waals surface area contributed by atoms with E-state index in [1.807, 2.05) is 0 Å². The standard InChI is InChI=1S/C20H24ClFN2O4S/c1-5-24(6-2)29(26,27)15-8-10-19(28-13(3)4)18(12-15)23-20(25)16-11-14(21)7-9-17(16)22/h7-13H,5-6H2,1-4H3,(H,23,25). The van der Waals surface area contributed by atoms with E-state index in [2.05, 4.69) is 5.32 Å². The lowest BCUT2D eigenvalue weighted by atomic mass is 10.2. The zero-order valence-electron chi connectivity index (χ0n) is 16.7. The number of sulfonamides is 1. The Morgan fingerprint density at radius 2 is 1.83 bits per heavy atom. The Hall–Kier alpha value is -2.16. The highest BCUT2D eigenvalue weighted by Crippen LogP contribution is 2.31. The summed E-state index contributed by atoms with van der Waals surface area (Å²) in [5.41, 5.74) is -0.138. The van der Waals surface area contributed by atoms with E-state index in [-0.39, 0.29) is 33.0 Å². The minimum absolute atomic E-state index is 0.000767. The SMILES string of the molecule is CCN(CC)S(=O)(=O)c1ccc(OC(C)C)c(NC(=O)c2cc(Cl)ccc2F)c1. The molecule has 6 nitrogen and oxygen atoms in total. The summed E-state index contributed by atoms with van der Waals surface area (Å²) in [6.45, 7) is 7.67. The topological polar surface area (TPSA) is 75.7 Å². The van der Waals surface area contributed by atoms with Crippen LogP contribution in [0.2, 0.25) is 5.02 Å². The van der Waals surface area contributed by atoms with Gasteiger partial charge in [-0.3, -0.25) is 4.79 Å². The van der Waals surface area contributed by atoms with E-state index in [9.17, 15) is 17.6 Å². The third-order valence-electron chi connectivity index (χ3n) is 4.08. The molecule has 0 fully saturated rings. The van der Waals surface area contributed by atoms with Gasteiger partial charge >= 0.3 is 0 Å². The zero-order chi connectivity index (χ0) is 21.8. The Kier molecular flexibility index (Phi) is 7.62. The number of nitrogens with one attached hydrogen (secondary N) is 1. The minimum Gasteiger partial charge on any atom is -0.489 e. The fourth-order valence-corrected chi connectivity index (χ4v) is 4.35. The molecule has 9 heteroatoms. The molecule has 2 aromatic carbocycles. The van der Waals surface area contributed by atoms with Crippen molar-refractivity contribution in [1.29, 1.82) is 0 Å². The molecule has 0 bridgehead atoms. The fraction of sp³-hybridized carbons (Fsp3) is 0.350. The van der Waals surface area contributed by atoms with E-state index in [1.54, 1.807) is 27.7 Å². The highest BCUT2D eigenvalue weighted by Gasteiger charge is 2.24. The van der Waals surface area contributed by atoms with Gasteiger partial charge in [0.05, 0.1) is 22.3 Å². The fourth-order valence-electron chi connectivity index (χ4n) is 2.70. The maximum atomic E-state index is 14.0. The molecule has 158 valence electrons. The third-order valence-corrected chi connectivity index (χ3v) is 6.36. The van der Waals surface area contributed by atoms with Gasteiger partial charge in [0, 0.05) is 18.1 Å². The Labute approximate surface area is 175 Å². The van der Waals surface area contributed by atoms with Gasteiger partial charge in [0.2, 0.25) is 10.0 Å². The average Bonchev–Trinajstić information content (AvgIpc) is 2.65. The van der Waals surface area contributed by atoms with Crippen LogP contribution in [0.5, 0.6) is 5.75 Å². The number of hydrogen-bond acceptors (Lipinski definition) is 4. The number of benzene rings is 2. The molecule has 0 spiro atoms. The second-order valence-electron chi connectivity index (χ2n) is 6.49. The molecule has 0 aliphatic carbocycles. The van der Waals surface area contributed by atoms with Crippen molar-refractivity contribution in [2.75, 3.05) is 18.4 Å². The molecular formula is C20H24ClFN2O4S. The molecule has 0 aromatic heterocycles. The molecule has 0 saturated carbocycles. The van der Waals surface area contributed by atoms with E-state index < -0.39 is 21.7 Å². The van der Waals surface area contributed by atoms with Crippen LogP contribution in [-0.2, 0) is 10.0 Å². The van der Waals surface area contributed by atoms with Gasteiger partial charge in [-0.1, -0.05) is 25.4 Å². The molecule has 0 aliphatic rings. The lowest BCUT2D eigenvalue weighted by Crippen LogP contribution is -2.30. The molecule has 0 heterocycles. The largest absolute Gasteiger partial charge is 0.489 e. The second kappa shape index (κ2) is 9.56. The molecule has 1 N–H and O–H groups in total. The summed E-state index contributed by atoms with van der Waals surface area (Å²) in [6, 6.07) is 7.82. The number of anilines is 1. The van der Waals surface area contributed by atoms with Crippen molar-refractivity contribution in [1.82, 2.24) is 4.31 Å². The zero-order valence-corrected chi connectivity index (χ0v) is 18.3. The van der Waals surface area contributed by atoms with Crippen molar-refractivity contribution in [3.8, 4) is 5.75 Å². The first-order valence-electron chi connectivity index (χ1n) is 9.17. The molecule has 29 heavy (non-hydrogen) atoms. The van der Waals surface area contributed by atoms with Crippen molar-refractivity contribution in [3.05, 3.63) is 52.8 Å². The Morgan fingerprint density at radius 1 is 1.17 bits per heavy atom. The van der Waals surface area contributed by atoms with Gasteiger partial charge in [0.1, 0.15) is 11.6 Å². The predicted molar refractivity (Wildman–Crippen MR) is 112 cm³/mol. The number of nitrogens with zero attached hydrogens (tertiary/aromatic N) is 1. The lowest BCUT2D eigenvalue weighted by molar-refractivity contribution is 0.102. The van der Waals surface area contributed by atoms with Crippen molar-refractivity contribution < 1.29 is 22.3 Å². The first kappa shape index (κ1) is 23.1. The van der Waals surface area contributed by atoms with Crippen molar-refractivity contribution in [2.45, 2.75) is 38.7 Å². The summed E-state index contributed by atoms with van der Waals surface area (Å²) in [7, 11) is -3.75. The molecule has 0 saturated heterocycles. The van der Waals surface area contributed by atoms with Gasteiger partial charge in [-0.05, 0) is 50.2 Å². The van der Waals surface area contributed by atoms with Crippen LogP contribution >= 0.6 is 11.6 Å². The molecule has 0 atom stereocenters. The number of amides is 1. The number of halogens is 2. The predicted octanol–water partition coefficient (Wildman–Crippen LogP) is 4.55. The monoisotopic (exact) mass is 442 g/mol. The van der Waals surface area contributed by atoms with Gasteiger partial charge in [-0.2, -0.15) is 4.31 Å². The first-order valence-corrected chi connectivity index (χ1v) is 11.0. The lowest BCUT2D eigenvalue weighted by Gasteiger charge is -2.20. The van der Waals surface area contributed by atoms with E-state index in [0.717, 1.165) is 6.07 Å². The smallest absolute Gasteiger partial charge is 0.258 e. The maximum absolute atomic E-state index is 14.0. The second-order valence-corrected chi connectivity index (χ2v) is 8.87. The van der Waals surface area contributed by atoms with Crippen LogP contribution in [0.3, 0.4) is 0 Å².